The van der Waals surface area contributed by atoms with E-state index < -0.39 is 0 Å². The lowest BCUT2D eigenvalue weighted by Crippen LogP contribution is -2.09. The number of rotatable bonds is 4. The van der Waals surface area contributed by atoms with Crippen molar-refractivity contribution in [2.45, 2.75) is 0 Å². The number of nitrogens with zero attached hydrogens (tertiary/aromatic N) is 2. The van der Waals surface area contributed by atoms with E-state index in [0.717, 1.165) is 55.7 Å². The van der Waals surface area contributed by atoms with Gasteiger partial charge in [0.15, 0.2) is 5.58 Å². The van der Waals surface area contributed by atoms with Crippen LogP contribution < -0.4 is 4.90 Å². The Hall–Kier alpha value is -5.91. The average Bonchev–Trinajstić information content (AvgIpc) is 3.81. The van der Waals surface area contributed by atoms with E-state index in [-0.39, 0.29) is 0 Å². The molecule has 0 aliphatic heterocycles. The van der Waals surface area contributed by atoms with Crippen LogP contribution in [0.3, 0.4) is 0 Å². The van der Waals surface area contributed by atoms with Crippen molar-refractivity contribution in [1.82, 2.24) is 4.98 Å². The van der Waals surface area contributed by atoms with E-state index in [4.69, 9.17) is 13.8 Å². The van der Waals surface area contributed by atoms with Gasteiger partial charge in [0, 0.05) is 53.6 Å². The molecule has 0 amide bonds. The lowest BCUT2D eigenvalue weighted by atomic mass is 10.0. The molecule has 0 saturated carbocycles. The summed E-state index contributed by atoms with van der Waals surface area (Å²) in [5.74, 6) is 0.647. The van der Waals surface area contributed by atoms with Crippen LogP contribution in [0.2, 0.25) is 0 Å². The molecule has 10 rings (SSSR count). The highest BCUT2D eigenvalue weighted by atomic mass is 32.1. The molecule has 0 N–H and O–H groups in total. The van der Waals surface area contributed by atoms with Crippen LogP contribution in [0.15, 0.2) is 154 Å². The molecule has 0 fully saturated rings. The number of hydrogen-bond acceptors (Lipinski definition) is 5. The molecule has 7 aromatic carbocycles. The topological polar surface area (TPSA) is 42.4 Å². The maximum Gasteiger partial charge on any atom is 0.227 e. The van der Waals surface area contributed by atoms with Gasteiger partial charge in [-0.05, 0) is 83.6 Å². The predicted octanol–water partition coefficient (Wildman–Crippen LogP) is 12.4. The number of aromatic nitrogens is 1. The Balaban J connectivity index is 1.18. The Morgan fingerprint density at radius 3 is 2.15 bits per heavy atom. The third kappa shape index (κ3) is 3.89. The van der Waals surface area contributed by atoms with Crippen LogP contribution in [0.5, 0.6) is 0 Å². The van der Waals surface area contributed by atoms with Gasteiger partial charge in [0.1, 0.15) is 16.7 Å². The third-order valence-electron chi connectivity index (χ3n) is 8.87. The molecule has 3 aromatic heterocycles. The highest BCUT2D eigenvalue weighted by Gasteiger charge is 2.19. The summed E-state index contributed by atoms with van der Waals surface area (Å²) in [6.07, 6.45) is 0. The molecule has 3 heterocycles. The first kappa shape index (κ1) is 25.4. The van der Waals surface area contributed by atoms with Crippen LogP contribution in [0.25, 0.3) is 75.4 Å². The summed E-state index contributed by atoms with van der Waals surface area (Å²) in [4.78, 5) is 7.18. The van der Waals surface area contributed by atoms with Crippen LogP contribution in [-0.4, -0.2) is 4.98 Å². The highest BCUT2D eigenvalue weighted by Crippen LogP contribution is 2.45. The highest BCUT2D eigenvalue weighted by molar-refractivity contribution is 7.26. The minimum atomic E-state index is 0.647. The molecule has 46 heavy (non-hydrogen) atoms. The van der Waals surface area contributed by atoms with Crippen molar-refractivity contribution in [3.63, 3.8) is 0 Å². The average molecular weight is 609 g/mol. The van der Waals surface area contributed by atoms with E-state index in [0.29, 0.717) is 5.89 Å². The SMILES string of the molecule is c1ccc2cc(N(c3ccc4c(c3)sc3cccc(-c5nc6ccccc6o5)c34)c3ccc4oc5ccccc5c4c3)ccc2c1. The van der Waals surface area contributed by atoms with Crippen LogP contribution in [-0.2, 0) is 0 Å². The van der Waals surface area contributed by atoms with E-state index in [1.807, 2.05) is 36.4 Å². The molecular weight excluding hydrogens is 585 g/mol. The van der Waals surface area contributed by atoms with Gasteiger partial charge in [-0.25, -0.2) is 4.98 Å². The molecule has 5 heteroatoms. The first-order valence-electron chi connectivity index (χ1n) is 15.3. The molecule has 0 radical (unpaired) electrons. The second kappa shape index (κ2) is 9.80. The van der Waals surface area contributed by atoms with E-state index in [2.05, 4.69) is 114 Å². The predicted molar refractivity (Wildman–Crippen MR) is 192 cm³/mol. The molecule has 4 nitrogen and oxygen atoms in total. The van der Waals surface area contributed by atoms with Crippen molar-refractivity contribution in [3.8, 4) is 11.5 Å². The Labute approximate surface area is 267 Å². The van der Waals surface area contributed by atoms with Crippen molar-refractivity contribution >= 4 is 92.4 Å². The van der Waals surface area contributed by atoms with Gasteiger partial charge in [-0.15, -0.1) is 11.3 Å². The van der Waals surface area contributed by atoms with Crippen molar-refractivity contribution < 1.29 is 8.83 Å². The number of fused-ring (bicyclic) bond motifs is 8. The fourth-order valence-corrected chi connectivity index (χ4v) is 7.90. The minimum absolute atomic E-state index is 0.647. The van der Waals surface area contributed by atoms with Gasteiger partial charge in [-0.1, -0.05) is 72.8 Å². The zero-order valence-corrected chi connectivity index (χ0v) is 25.3. The van der Waals surface area contributed by atoms with Crippen LogP contribution in [0, 0.1) is 0 Å². The number of para-hydroxylation sites is 3. The molecule has 0 atom stereocenters. The Bertz CT molecular complexity index is 2750. The number of benzene rings is 7. The zero-order valence-electron chi connectivity index (χ0n) is 24.5. The number of oxazole rings is 1. The monoisotopic (exact) mass is 608 g/mol. The van der Waals surface area contributed by atoms with Gasteiger partial charge in [0.25, 0.3) is 0 Å². The molecule has 10 aromatic rings. The largest absolute Gasteiger partial charge is 0.456 e. The smallest absolute Gasteiger partial charge is 0.227 e. The summed E-state index contributed by atoms with van der Waals surface area (Å²) in [5.41, 5.74) is 7.71. The van der Waals surface area contributed by atoms with E-state index in [9.17, 15) is 0 Å². The number of thiophene rings is 1. The van der Waals surface area contributed by atoms with Gasteiger partial charge in [0.05, 0.1) is 0 Å². The standard InChI is InChI=1S/C41H24N2O2S/c1-2-9-26-22-27(17-16-25(26)8-1)43(28-19-21-36-33(23-28)30-10-3-5-13-35(30)44-36)29-18-20-31-39(24-29)46-38-15-7-11-32(40(31)38)41-42-34-12-4-6-14-37(34)45-41/h1-24H. The Kier molecular flexibility index (Phi) is 5.41. The first-order valence-corrected chi connectivity index (χ1v) is 16.1. The second-order valence-corrected chi connectivity index (χ2v) is 12.7. The van der Waals surface area contributed by atoms with E-state index in [1.54, 1.807) is 11.3 Å². The Morgan fingerprint density at radius 1 is 0.478 bits per heavy atom. The fraction of sp³-hybridized carbons (Fsp3) is 0. The van der Waals surface area contributed by atoms with Gasteiger partial charge >= 0.3 is 0 Å². The second-order valence-electron chi connectivity index (χ2n) is 11.6. The lowest BCUT2D eigenvalue weighted by molar-refractivity contribution is 0.620. The maximum atomic E-state index is 6.23. The van der Waals surface area contributed by atoms with Gasteiger partial charge in [-0.3, -0.25) is 0 Å². The summed E-state index contributed by atoms with van der Waals surface area (Å²) < 4.78 is 14.8. The number of anilines is 3. The number of hydrogen-bond donors (Lipinski definition) is 0. The Morgan fingerprint density at radius 2 is 1.22 bits per heavy atom. The lowest BCUT2D eigenvalue weighted by Gasteiger charge is -2.26. The fourth-order valence-electron chi connectivity index (χ4n) is 6.74. The van der Waals surface area contributed by atoms with E-state index in [1.165, 1.54) is 30.9 Å². The quantitative estimate of drug-likeness (QED) is 0.199. The van der Waals surface area contributed by atoms with Crippen LogP contribution in [0.4, 0.5) is 17.1 Å². The van der Waals surface area contributed by atoms with Crippen molar-refractivity contribution in [1.29, 1.82) is 0 Å². The van der Waals surface area contributed by atoms with Gasteiger partial charge < -0.3 is 13.7 Å². The molecule has 0 saturated heterocycles. The summed E-state index contributed by atoms with van der Waals surface area (Å²) in [7, 11) is 0. The summed E-state index contributed by atoms with van der Waals surface area (Å²) in [6.45, 7) is 0. The molecule has 0 spiro atoms. The van der Waals surface area contributed by atoms with Crippen LogP contribution in [0.1, 0.15) is 0 Å². The maximum absolute atomic E-state index is 6.23. The third-order valence-corrected chi connectivity index (χ3v) is 9.99. The van der Waals surface area contributed by atoms with Gasteiger partial charge in [-0.2, -0.15) is 0 Å². The molecule has 0 aliphatic carbocycles. The molecular formula is C41H24N2O2S. The number of furan rings is 1. The summed E-state index contributed by atoms with van der Waals surface area (Å²) in [6, 6.07) is 51.0. The van der Waals surface area contributed by atoms with Crippen molar-refractivity contribution in [2.24, 2.45) is 0 Å². The van der Waals surface area contributed by atoms with E-state index >= 15 is 0 Å². The molecule has 0 bridgehead atoms. The normalized spacial score (nSPS) is 11.9. The van der Waals surface area contributed by atoms with Crippen molar-refractivity contribution in [3.05, 3.63) is 146 Å². The van der Waals surface area contributed by atoms with Crippen LogP contribution >= 0.6 is 11.3 Å². The summed E-state index contributed by atoms with van der Waals surface area (Å²) >= 11 is 1.80. The minimum Gasteiger partial charge on any atom is -0.456 e. The van der Waals surface area contributed by atoms with Gasteiger partial charge in [0.2, 0.25) is 5.89 Å². The molecule has 0 unspecified atom stereocenters. The zero-order chi connectivity index (χ0) is 30.2. The molecule has 216 valence electrons. The molecule has 0 aliphatic rings. The first-order chi connectivity index (χ1) is 22.8. The van der Waals surface area contributed by atoms with Crippen molar-refractivity contribution in [2.75, 3.05) is 4.90 Å². The summed E-state index contributed by atoms with van der Waals surface area (Å²) in [5, 5.41) is 7.00.